The van der Waals surface area contributed by atoms with Gasteiger partial charge in [0.15, 0.2) is 19.5 Å². The zero-order chi connectivity index (χ0) is 27.9. The molecular formula is C23H41N6O6PSi. The lowest BCUT2D eigenvalue weighted by atomic mass is 10.2. The molecule has 0 radical (unpaired) electrons. The van der Waals surface area contributed by atoms with Crippen molar-refractivity contribution < 1.29 is 23.0 Å². The largest absolute Gasteiger partial charge is 0.411 e. The molecule has 208 valence electrons. The highest BCUT2D eigenvalue weighted by molar-refractivity contribution is 7.55. The van der Waals surface area contributed by atoms with Gasteiger partial charge in [-0.2, -0.15) is 4.98 Å². The fourth-order valence-corrected chi connectivity index (χ4v) is 5.50. The molecular weight excluding hydrogens is 515 g/mol. The number of rotatable bonds is 9. The number of amides is 1. The van der Waals surface area contributed by atoms with Crippen molar-refractivity contribution in [1.29, 1.82) is 0 Å². The van der Waals surface area contributed by atoms with Crippen LogP contribution < -0.4 is 10.9 Å². The van der Waals surface area contributed by atoms with Gasteiger partial charge in [0.05, 0.1) is 19.0 Å². The smallest absolute Gasteiger partial charge is 0.280 e. The van der Waals surface area contributed by atoms with Gasteiger partial charge >= 0.3 is 0 Å². The molecule has 0 bridgehead atoms. The lowest BCUT2D eigenvalue weighted by Crippen LogP contribution is -2.46. The van der Waals surface area contributed by atoms with E-state index in [0.717, 1.165) is 0 Å². The summed E-state index contributed by atoms with van der Waals surface area (Å²) in [5.41, 5.74) is -0.0408. The van der Waals surface area contributed by atoms with Crippen LogP contribution in [0.5, 0.6) is 0 Å². The molecule has 12 nitrogen and oxygen atoms in total. The second-order valence-corrected chi connectivity index (χ2v) is 19.0. The Hall–Kier alpha value is -1.89. The number of hydrogen-bond donors (Lipinski definition) is 2. The van der Waals surface area contributed by atoms with Gasteiger partial charge in [-0.3, -0.25) is 29.0 Å². The molecule has 2 aromatic rings. The Morgan fingerprint density at radius 1 is 1.38 bits per heavy atom. The zero-order valence-electron chi connectivity index (χ0n) is 23.5. The first kappa shape index (κ1) is 29.7. The maximum Gasteiger partial charge on any atom is 0.280 e. The molecule has 3 rings (SSSR count). The molecule has 0 aliphatic carbocycles. The van der Waals surface area contributed by atoms with E-state index in [1.165, 1.54) is 6.33 Å². The molecule has 0 aromatic carbocycles. The zero-order valence-corrected chi connectivity index (χ0v) is 25.4. The van der Waals surface area contributed by atoms with Gasteiger partial charge in [0.25, 0.3) is 13.1 Å². The first-order chi connectivity index (χ1) is 16.9. The highest BCUT2D eigenvalue weighted by Gasteiger charge is 2.46. The number of ether oxygens (including phenoxy) is 1. The fraction of sp³-hybridized carbons (Fsp3) is 0.739. The summed E-state index contributed by atoms with van der Waals surface area (Å²) in [6, 6.07) is 0. The average molecular weight is 557 g/mol. The van der Waals surface area contributed by atoms with Crippen molar-refractivity contribution in [3.63, 3.8) is 0 Å². The number of fused-ring (bicyclic) bond motifs is 1. The molecule has 3 heterocycles. The maximum absolute atomic E-state index is 12.8. The van der Waals surface area contributed by atoms with Crippen molar-refractivity contribution in [3.8, 4) is 0 Å². The second kappa shape index (κ2) is 10.7. The molecule has 37 heavy (non-hydrogen) atoms. The standard InChI is InChI=1S/C23H41N6O6PSi/c1-14(2)20(30)26-22-25-19-18(21(31)27-22)24-13-29(19)17-11-15(35-37(9,10)23(3,4)5)16(34-17)12-33-36(8,32)28(6)7/h13-17H,11-12H2,1-10H3,(H2,25,26,27,30,31)/t15?,16-,17-,36+/m1/s1. The van der Waals surface area contributed by atoms with Crippen LogP contribution in [0.4, 0.5) is 5.95 Å². The van der Waals surface area contributed by atoms with E-state index in [-0.39, 0.29) is 46.7 Å². The molecule has 2 aromatic heterocycles. The number of imidazole rings is 1. The number of aromatic nitrogens is 4. The minimum absolute atomic E-state index is 0.0275. The topological polar surface area (TPSA) is 141 Å². The molecule has 0 saturated carbocycles. The number of H-pyrrole nitrogens is 1. The average Bonchev–Trinajstić information content (AvgIpc) is 3.35. The van der Waals surface area contributed by atoms with E-state index in [0.29, 0.717) is 6.42 Å². The Morgan fingerprint density at radius 2 is 2.03 bits per heavy atom. The Kier molecular flexibility index (Phi) is 8.58. The predicted octanol–water partition coefficient (Wildman–Crippen LogP) is 3.79. The molecule has 1 aliphatic rings. The molecule has 0 spiro atoms. The van der Waals surface area contributed by atoms with Crippen molar-refractivity contribution in [2.24, 2.45) is 5.92 Å². The summed E-state index contributed by atoms with van der Waals surface area (Å²) in [6.45, 7) is 16.0. The SMILES string of the molecule is CC(C)C(=O)Nc1nc2c(ncn2[C@H]2CC(O[Si](C)(C)C(C)(C)C)[C@@H](CO[P@](C)(=O)N(C)C)O2)c(=O)[nH]1. The second-order valence-electron chi connectivity index (χ2n) is 11.6. The van der Waals surface area contributed by atoms with Crippen LogP contribution in [0.1, 0.15) is 47.3 Å². The summed E-state index contributed by atoms with van der Waals surface area (Å²) in [4.78, 5) is 36.1. The Balaban J connectivity index is 1.94. The number of carbonyl (C=O) groups is 1. The fourth-order valence-electron chi connectivity index (χ4n) is 3.48. The van der Waals surface area contributed by atoms with Crippen LogP contribution in [0.25, 0.3) is 11.2 Å². The van der Waals surface area contributed by atoms with E-state index in [2.05, 4.69) is 54.1 Å². The summed E-state index contributed by atoms with van der Waals surface area (Å²) in [5.74, 6) is -0.506. The minimum atomic E-state index is -2.99. The summed E-state index contributed by atoms with van der Waals surface area (Å²) >= 11 is 0. The third-order valence-electron chi connectivity index (χ3n) is 7.15. The lowest BCUT2D eigenvalue weighted by molar-refractivity contribution is -0.118. The summed E-state index contributed by atoms with van der Waals surface area (Å²) < 4.78 is 35.0. The van der Waals surface area contributed by atoms with Gasteiger partial charge in [0.2, 0.25) is 11.9 Å². The number of nitrogens with one attached hydrogen (secondary N) is 2. The number of nitrogens with zero attached hydrogens (tertiary/aromatic N) is 4. The lowest BCUT2D eigenvalue weighted by Gasteiger charge is -2.39. The van der Waals surface area contributed by atoms with E-state index < -0.39 is 33.7 Å². The highest BCUT2D eigenvalue weighted by Crippen LogP contribution is 2.46. The molecule has 1 saturated heterocycles. The van der Waals surface area contributed by atoms with Crippen LogP contribution >= 0.6 is 7.52 Å². The number of hydrogen-bond acceptors (Lipinski definition) is 8. The minimum Gasteiger partial charge on any atom is -0.411 e. The molecule has 1 unspecified atom stereocenters. The van der Waals surface area contributed by atoms with Crippen LogP contribution in [0.15, 0.2) is 11.1 Å². The van der Waals surface area contributed by atoms with E-state index in [1.54, 1.807) is 43.8 Å². The monoisotopic (exact) mass is 556 g/mol. The van der Waals surface area contributed by atoms with Gasteiger partial charge < -0.3 is 13.7 Å². The normalized spacial score (nSPS) is 22.6. The predicted molar refractivity (Wildman–Crippen MR) is 145 cm³/mol. The number of aromatic amines is 1. The molecule has 1 fully saturated rings. The number of carbonyl (C=O) groups excluding carboxylic acids is 1. The Labute approximate surface area is 219 Å². The van der Waals surface area contributed by atoms with Gasteiger partial charge in [-0.05, 0) is 32.2 Å². The van der Waals surface area contributed by atoms with Crippen molar-refractivity contribution in [2.45, 2.75) is 77.6 Å². The third-order valence-corrected chi connectivity index (χ3v) is 13.7. The van der Waals surface area contributed by atoms with E-state index in [9.17, 15) is 14.2 Å². The van der Waals surface area contributed by atoms with Crippen LogP contribution in [-0.2, 0) is 23.0 Å². The van der Waals surface area contributed by atoms with Crippen molar-refractivity contribution in [1.82, 2.24) is 24.2 Å². The molecule has 4 atom stereocenters. The van der Waals surface area contributed by atoms with E-state index in [4.69, 9.17) is 13.7 Å². The number of anilines is 1. The molecule has 14 heteroatoms. The summed E-state index contributed by atoms with van der Waals surface area (Å²) in [7, 11) is -1.76. The Morgan fingerprint density at radius 3 is 2.59 bits per heavy atom. The van der Waals surface area contributed by atoms with Gasteiger partial charge in [-0.1, -0.05) is 34.6 Å². The molecule has 2 N–H and O–H groups in total. The summed E-state index contributed by atoms with van der Waals surface area (Å²) in [5, 5.41) is 2.60. The van der Waals surface area contributed by atoms with Gasteiger partial charge in [-0.15, -0.1) is 0 Å². The Bertz CT molecular complexity index is 1240. The van der Waals surface area contributed by atoms with Crippen molar-refractivity contribution in [3.05, 3.63) is 16.7 Å². The van der Waals surface area contributed by atoms with Crippen LogP contribution in [0.2, 0.25) is 18.1 Å². The highest BCUT2D eigenvalue weighted by atomic mass is 31.2. The van der Waals surface area contributed by atoms with Crippen LogP contribution in [0, 0.1) is 5.92 Å². The molecule has 1 amide bonds. The maximum atomic E-state index is 12.8. The summed E-state index contributed by atoms with van der Waals surface area (Å²) in [6.07, 6.45) is 0.596. The van der Waals surface area contributed by atoms with Gasteiger partial charge in [0, 0.05) is 19.0 Å². The van der Waals surface area contributed by atoms with Crippen LogP contribution in [0.3, 0.4) is 0 Å². The van der Waals surface area contributed by atoms with E-state index in [1.807, 2.05) is 0 Å². The van der Waals surface area contributed by atoms with Crippen LogP contribution in [-0.4, -0.2) is 78.0 Å². The molecule has 1 aliphatic heterocycles. The van der Waals surface area contributed by atoms with Gasteiger partial charge in [-0.25, -0.2) is 9.65 Å². The third kappa shape index (κ3) is 6.58. The van der Waals surface area contributed by atoms with Crippen molar-refractivity contribution >= 4 is 38.9 Å². The first-order valence-corrected chi connectivity index (χ1v) is 17.4. The van der Waals surface area contributed by atoms with Gasteiger partial charge in [0.1, 0.15) is 12.3 Å². The van der Waals surface area contributed by atoms with Crippen molar-refractivity contribution in [2.75, 3.05) is 32.7 Å². The van der Waals surface area contributed by atoms with E-state index >= 15 is 0 Å². The quantitative estimate of drug-likeness (QED) is 0.349. The first-order valence-electron chi connectivity index (χ1n) is 12.4.